The van der Waals surface area contributed by atoms with Crippen molar-refractivity contribution in [3.8, 4) is 0 Å². The third kappa shape index (κ3) is 38.9. The molecule has 0 saturated heterocycles. The minimum atomic E-state index is -0.750. The number of nitrogens with zero attached hydrogens (tertiary/aromatic N) is 1. The van der Waals surface area contributed by atoms with Crippen LogP contribution < -0.4 is 16.0 Å². The first-order valence-electron chi connectivity index (χ1n) is 19.5. The van der Waals surface area contributed by atoms with E-state index in [4.69, 9.17) is 56.8 Å². The van der Waals surface area contributed by atoms with Gasteiger partial charge >= 0.3 is 36.1 Å². The minimum absolute atomic E-state index is 0.0343. The molecule has 0 aliphatic heterocycles. The lowest BCUT2D eigenvalue weighted by Gasteiger charge is -2.21. The Morgan fingerprint density at radius 2 is 0.746 bits per heavy atom. The second-order valence-electron chi connectivity index (χ2n) is 11.7. The Balaban J connectivity index is 3.99. The average molecular weight is 857 g/mol. The zero-order valence-corrected chi connectivity index (χ0v) is 34.6. The number of hydrogen-bond acceptors (Lipinski definition) is 20. The fourth-order valence-corrected chi connectivity index (χ4v) is 3.92. The highest BCUT2D eigenvalue weighted by molar-refractivity contribution is 5.78. The van der Waals surface area contributed by atoms with Crippen LogP contribution in [0.5, 0.6) is 0 Å². The second kappa shape index (κ2) is 40.4. The van der Waals surface area contributed by atoms with Gasteiger partial charge in [0.25, 0.3) is 0 Å². The van der Waals surface area contributed by atoms with Crippen molar-refractivity contribution in [2.45, 2.75) is 33.6 Å². The summed E-state index contributed by atoms with van der Waals surface area (Å²) in [6.07, 6.45) is 0.475. The van der Waals surface area contributed by atoms with Crippen molar-refractivity contribution < 1.29 is 90.4 Å². The molecule has 0 bridgehead atoms. The molecule has 0 fully saturated rings. The van der Waals surface area contributed by atoms with Gasteiger partial charge in [-0.25, -0.2) is 28.8 Å². The van der Waals surface area contributed by atoms with Gasteiger partial charge in [-0.2, -0.15) is 0 Å². The van der Waals surface area contributed by atoms with Crippen molar-refractivity contribution in [3.05, 3.63) is 0 Å². The molecule has 0 atom stereocenters. The summed E-state index contributed by atoms with van der Waals surface area (Å²) in [5, 5.41) is 7.74. The zero-order valence-electron chi connectivity index (χ0n) is 34.6. The van der Waals surface area contributed by atoms with Gasteiger partial charge in [-0.1, -0.05) is 13.8 Å². The molecule has 342 valence electrons. The van der Waals surface area contributed by atoms with E-state index >= 15 is 0 Å². The predicted molar refractivity (Wildman–Crippen MR) is 203 cm³/mol. The van der Waals surface area contributed by atoms with Crippen molar-refractivity contribution in [3.63, 3.8) is 0 Å². The first kappa shape index (κ1) is 54.6. The van der Waals surface area contributed by atoms with E-state index in [0.29, 0.717) is 32.8 Å². The number of likely N-dealkylation sites (N-methyl/N-ethyl adjacent to an activating group) is 1. The molecule has 3 amide bonds. The lowest BCUT2D eigenvalue weighted by molar-refractivity contribution is -0.157. The Labute approximate surface area is 344 Å². The van der Waals surface area contributed by atoms with Gasteiger partial charge in [0, 0.05) is 32.7 Å². The number of carbonyl (C=O) groups excluding carboxylic acids is 7. The number of carbonyl (C=O) groups is 7. The van der Waals surface area contributed by atoms with E-state index < -0.39 is 62.5 Å². The van der Waals surface area contributed by atoms with Crippen LogP contribution in [0.4, 0.5) is 9.59 Å². The van der Waals surface area contributed by atoms with E-state index in [2.05, 4.69) is 16.0 Å². The lowest BCUT2D eigenvalue weighted by Crippen LogP contribution is -2.41. The van der Waals surface area contributed by atoms with Crippen LogP contribution in [-0.4, -0.2) is 205 Å². The summed E-state index contributed by atoms with van der Waals surface area (Å²) in [6, 6.07) is 0. The third-order valence-electron chi connectivity index (χ3n) is 6.59. The molecule has 23 heteroatoms. The Morgan fingerprint density at radius 3 is 1.12 bits per heavy atom. The van der Waals surface area contributed by atoms with Crippen molar-refractivity contribution >= 4 is 42.0 Å². The molecular weight excluding hydrogens is 792 g/mol. The normalized spacial score (nSPS) is 10.7. The quantitative estimate of drug-likeness (QED) is 0.0379. The van der Waals surface area contributed by atoms with E-state index in [-0.39, 0.29) is 105 Å². The summed E-state index contributed by atoms with van der Waals surface area (Å²) in [5.74, 6) is -3.21. The molecule has 3 N–H and O–H groups in total. The summed E-state index contributed by atoms with van der Waals surface area (Å²) in [6.45, 7) is 6.95. The molecule has 0 saturated carbocycles. The molecule has 0 aliphatic rings. The second-order valence-corrected chi connectivity index (χ2v) is 11.7. The maximum atomic E-state index is 12.1. The van der Waals surface area contributed by atoms with Gasteiger partial charge in [0.1, 0.15) is 52.9 Å². The highest BCUT2D eigenvalue weighted by atomic mass is 16.6. The molecule has 0 aliphatic carbocycles. The molecule has 0 rings (SSSR count). The molecule has 0 spiro atoms. The van der Waals surface area contributed by atoms with E-state index in [1.165, 1.54) is 0 Å². The molecule has 0 radical (unpaired) electrons. The van der Waals surface area contributed by atoms with Gasteiger partial charge in [0.2, 0.25) is 5.91 Å². The number of hydrogen-bond donors (Lipinski definition) is 3. The van der Waals surface area contributed by atoms with Crippen molar-refractivity contribution in [1.82, 2.24) is 20.9 Å². The smallest absolute Gasteiger partial charge is 0.407 e. The van der Waals surface area contributed by atoms with Crippen LogP contribution in [0.2, 0.25) is 0 Å². The molecule has 23 nitrogen and oxygen atoms in total. The molecule has 0 aromatic rings. The van der Waals surface area contributed by atoms with Crippen LogP contribution >= 0.6 is 0 Å². The predicted octanol–water partition coefficient (Wildman–Crippen LogP) is -1.03. The maximum absolute atomic E-state index is 12.1. The van der Waals surface area contributed by atoms with Gasteiger partial charge in [-0.15, -0.1) is 0 Å². The van der Waals surface area contributed by atoms with Crippen LogP contribution in [-0.2, 0) is 80.8 Å². The van der Waals surface area contributed by atoms with Crippen LogP contribution in [0.1, 0.15) is 33.6 Å². The maximum Gasteiger partial charge on any atom is 0.407 e. The Hall–Kier alpha value is -4.39. The highest BCUT2D eigenvalue weighted by Crippen LogP contribution is 1.94. The summed E-state index contributed by atoms with van der Waals surface area (Å²) >= 11 is 0. The monoisotopic (exact) mass is 856 g/mol. The fourth-order valence-electron chi connectivity index (χ4n) is 3.92. The van der Waals surface area contributed by atoms with E-state index in [9.17, 15) is 33.6 Å². The zero-order chi connectivity index (χ0) is 43.6. The molecule has 0 aromatic carbocycles. The highest BCUT2D eigenvalue weighted by Gasteiger charge is 2.14. The molecule has 0 heterocycles. The molecular formula is C36H64N4O19. The van der Waals surface area contributed by atoms with E-state index in [1.807, 2.05) is 13.8 Å². The molecule has 0 aromatic heterocycles. The van der Waals surface area contributed by atoms with Gasteiger partial charge in [-0.05, 0) is 19.8 Å². The van der Waals surface area contributed by atoms with Crippen LogP contribution in [0.3, 0.4) is 0 Å². The first-order chi connectivity index (χ1) is 28.6. The Bertz CT molecular complexity index is 1070. The fraction of sp³-hybridized carbons (Fsp3) is 0.806. The van der Waals surface area contributed by atoms with Crippen molar-refractivity contribution in [2.24, 2.45) is 0 Å². The number of rotatable bonds is 39. The summed E-state index contributed by atoms with van der Waals surface area (Å²) in [7, 11) is 0. The molecule has 0 unspecified atom stereocenters. The minimum Gasteiger partial charge on any atom is -0.463 e. The number of alkyl carbamates (subject to hydrolysis) is 2. The first-order valence-corrected chi connectivity index (χ1v) is 19.5. The topological polar surface area (TPSA) is 270 Å². The number of ether oxygens (including phenoxy) is 12. The summed E-state index contributed by atoms with van der Waals surface area (Å²) < 4.78 is 61.1. The Kier molecular flexibility index (Phi) is 37.4. The summed E-state index contributed by atoms with van der Waals surface area (Å²) in [4.78, 5) is 84.1. The Morgan fingerprint density at radius 1 is 0.390 bits per heavy atom. The van der Waals surface area contributed by atoms with E-state index in [0.717, 1.165) is 12.8 Å². The number of amides is 3. The largest absolute Gasteiger partial charge is 0.463 e. The van der Waals surface area contributed by atoms with E-state index in [1.54, 1.807) is 11.8 Å². The van der Waals surface area contributed by atoms with Crippen molar-refractivity contribution in [1.29, 1.82) is 0 Å². The van der Waals surface area contributed by atoms with Crippen LogP contribution in [0.15, 0.2) is 0 Å². The van der Waals surface area contributed by atoms with Crippen LogP contribution in [0, 0.1) is 0 Å². The number of nitrogens with one attached hydrogen (secondary N) is 3. The van der Waals surface area contributed by atoms with Gasteiger partial charge in [0.15, 0.2) is 0 Å². The van der Waals surface area contributed by atoms with Crippen molar-refractivity contribution in [2.75, 3.05) is 158 Å². The van der Waals surface area contributed by atoms with Gasteiger partial charge in [0.05, 0.1) is 72.6 Å². The van der Waals surface area contributed by atoms with Gasteiger partial charge in [-0.3, -0.25) is 9.69 Å². The number of esters is 4. The van der Waals surface area contributed by atoms with Gasteiger partial charge < -0.3 is 72.8 Å². The standard InChI is InChI=1S/C36H64N4O19/c1-4-11-58-35(46)38-7-13-48-17-19-50-21-23-56-33(44)28-52-26-31(42)54-15-9-40(25-30(41)37-6-3)10-16-55-32(43)27-53-29-34(45)57-24-22-51-20-18-49-14-8-39-36(47)59-12-5-2/h4-29H2,1-3H3,(H,37,41)(H,38,46)(H,39,47). The van der Waals surface area contributed by atoms with Crippen LogP contribution in [0.25, 0.3) is 0 Å². The third-order valence-corrected chi connectivity index (χ3v) is 6.59. The average Bonchev–Trinajstić information content (AvgIpc) is 3.20. The molecule has 59 heavy (non-hydrogen) atoms. The lowest BCUT2D eigenvalue weighted by atomic mass is 10.4. The SMILES string of the molecule is CCCOC(=O)NCCOCCOCCOC(=O)COCC(=O)OCCN(CCOC(=O)COCC(=O)OCCOCCOCCNC(=O)OCCC)CC(=O)NCC. The summed E-state index contributed by atoms with van der Waals surface area (Å²) in [5.41, 5.74) is 0.